The largest absolute Gasteiger partial charge is 0.445 e. The van der Waals surface area contributed by atoms with Gasteiger partial charge in [0.25, 0.3) is 0 Å². The summed E-state index contributed by atoms with van der Waals surface area (Å²) in [6.45, 7) is 3.70. The van der Waals surface area contributed by atoms with Crippen LogP contribution in [0, 0.1) is 5.41 Å². The molecule has 1 aromatic heterocycles. The Morgan fingerprint density at radius 1 is 1.41 bits per heavy atom. The summed E-state index contributed by atoms with van der Waals surface area (Å²) in [6.07, 6.45) is -4.38. The van der Waals surface area contributed by atoms with Gasteiger partial charge in [0.15, 0.2) is 0 Å². The van der Waals surface area contributed by atoms with E-state index < -0.39 is 17.3 Å². The van der Waals surface area contributed by atoms with Gasteiger partial charge in [-0.1, -0.05) is 25.2 Å². The summed E-state index contributed by atoms with van der Waals surface area (Å²) in [5, 5.41) is 18.1. The van der Waals surface area contributed by atoms with Crippen molar-refractivity contribution < 1.29 is 18.3 Å². The molecule has 0 aromatic carbocycles. The number of halogens is 3. The molecule has 0 aliphatic heterocycles. The smallest absolute Gasteiger partial charge is 0.392 e. The highest BCUT2D eigenvalue weighted by Crippen LogP contribution is 2.43. The number of anilines is 1. The molecule has 1 fully saturated rings. The van der Waals surface area contributed by atoms with Crippen molar-refractivity contribution in [1.82, 2.24) is 10.2 Å². The Bertz CT molecular complexity index is 418. The van der Waals surface area contributed by atoms with Crippen LogP contribution in [0.15, 0.2) is 0 Å². The molecule has 1 aromatic rings. The van der Waals surface area contributed by atoms with Crippen LogP contribution < -0.4 is 5.32 Å². The van der Waals surface area contributed by atoms with Crippen LogP contribution in [0.5, 0.6) is 0 Å². The number of nitrogens with zero attached hydrogens (tertiary/aromatic N) is 2. The standard InChI is InChI=1S/C9H12F3N3OS/c1-8(2)4(3-5(8)16)13-7-15-14-6(17-7)9(10,11)12/h4-5,16H,3H2,1-2H3,(H,13,15). The predicted octanol–water partition coefficient (Wildman–Crippen LogP) is 2.13. The van der Waals surface area contributed by atoms with Crippen LogP contribution in [0.2, 0.25) is 0 Å². The molecule has 0 amide bonds. The van der Waals surface area contributed by atoms with Crippen molar-refractivity contribution in [3.63, 3.8) is 0 Å². The van der Waals surface area contributed by atoms with Crippen molar-refractivity contribution >= 4 is 16.5 Å². The molecule has 1 heterocycles. The molecule has 2 atom stereocenters. The van der Waals surface area contributed by atoms with Crippen LogP contribution >= 0.6 is 11.3 Å². The van der Waals surface area contributed by atoms with E-state index in [1.54, 1.807) is 0 Å². The Hall–Kier alpha value is -0.890. The lowest BCUT2D eigenvalue weighted by Gasteiger charge is -2.49. The van der Waals surface area contributed by atoms with Crippen LogP contribution in [0.3, 0.4) is 0 Å². The Labute approximate surface area is 99.9 Å². The molecule has 1 saturated carbocycles. The van der Waals surface area contributed by atoms with E-state index in [1.807, 2.05) is 13.8 Å². The first-order valence-corrected chi connectivity index (χ1v) is 5.88. The van der Waals surface area contributed by atoms with E-state index in [2.05, 4.69) is 15.5 Å². The molecule has 17 heavy (non-hydrogen) atoms. The van der Waals surface area contributed by atoms with E-state index in [9.17, 15) is 18.3 Å². The summed E-state index contributed by atoms with van der Waals surface area (Å²) in [5.41, 5.74) is -0.357. The van der Waals surface area contributed by atoms with Gasteiger partial charge in [0.2, 0.25) is 10.1 Å². The minimum atomic E-state index is -4.45. The fourth-order valence-corrected chi connectivity index (χ4v) is 2.36. The van der Waals surface area contributed by atoms with Gasteiger partial charge in [-0.15, -0.1) is 10.2 Å². The molecule has 2 unspecified atom stereocenters. The first kappa shape index (κ1) is 12.6. The second-order valence-corrected chi connectivity index (χ2v) is 5.66. The van der Waals surface area contributed by atoms with Gasteiger partial charge in [-0.3, -0.25) is 0 Å². The zero-order chi connectivity index (χ0) is 12.8. The average molecular weight is 267 g/mol. The van der Waals surface area contributed by atoms with Crippen LogP contribution in [0.4, 0.5) is 18.3 Å². The Kier molecular flexibility index (Phi) is 2.81. The van der Waals surface area contributed by atoms with Gasteiger partial charge in [-0.05, 0) is 6.42 Å². The molecule has 8 heteroatoms. The molecule has 0 bridgehead atoms. The van der Waals surface area contributed by atoms with Crippen LogP contribution in [-0.4, -0.2) is 27.4 Å². The monoisotopic (exact) mass is 267 g/mol. The van der Waals surface area contributed by atoms with Crippen LogP contribution in [0.25, 0.3) is 0 Å². The summed E-state index contributed by atoms with van der Waals surface area (Å²) in [7, 11) is 0. The van der Waals surface area contributed by atoms with E-state index in [0.29, 0.717) is 17.8 Å². The second-order valence-electron chi connectivity index (χ2n) is 4.68. The molecular formula is C9H12F3N3OS. The number of aliphatic hydroxyl groups is 1. The summed E-state index contributed by atoms with van der Waals surface area (Å²) >= 11 is 0.479. The molecular weight excluding hydrogens is 255 g/mol. The summed E-state index contributed by atoms with van der Waals surface area (Å²) in [6, 6.07) is -0.0773. The molecule has 1 aliphatic rings. The molecule has 2 rings (SSSR count). The third-order valence-corrected chi connectivity index (χ3v) is 4.08. The molecule has 0 saturated heterocycles. The number of hydrogen-bond donors (Lipinski definition) is 2. The Morgan fingerprint density at radius 2 is 2.06 bits per heavy atom. The molecule has 1 aliphatic carbocycles. The molecule has 0 spiro atoms. The van der Waals surface area contributed by atoms with E-state index in [0.717, 1.165) is 0 Å². The normalized spacial score (nSPS) is 27.6. The van der Waals surface area contributed by atoms with Crippen molar-refractivity contribution in [2.24, 2.45) is 5.41 Å². The molecule has 96 valence electrons. The van der Waals surface area contributed by atoms with Gasteiger partial charge < -0.3 is 10.4 Å². The summed E-state index contributed by atoms with van der Waals surface area (Å²) < 4.78 is 36.9. The number of aromatic nitrogens is 2. The summed E-state index contributed by atoms with van der Waals surface area (Å²) in [5.74, 6) is 0. The minimum absolute atomic E-state index is 0.0773. The third kappa shape index (κ3) is 2.23. The molecule has 0 radical (unpaired) electrons. The van der Waals surface area contributed by atoms with E-state index >= 15 is 0 Å². The highest BCUT2D eigenvalue weighted by atomic mass is 32.1. The van der Waals surface area contributed by atoms with Crippen molar-refractivity contribution in [2.75, 3.05) is 5.32 Å². The van der Waals surface area contributed by atoms with Gasteiger partial charge >= 0.3 is 6.18 Å². The first-order chi connectivity index (χ1) is 7.71. The third-order valence-electron chi connectivity index (χ3n) is 3.18. The second kappa shape index (κ2) is 3.81. The van der Waals surface area contributed by atoms with Gasteiger partial charge in [0.05, 0.1) is 6.10 Å². The van der Waals surface area contributed by atoms with Gasteiger partial charge in [-0.25, -0.2) is 0 Å². The predicted molar refractivity (Wildman–Crippen MR) is 56.7 cm³/mol. The van der Waals surface area contributed by atoms with E-state index in [1.165, 1.54) is 0 Å². The SMILES string of the molecule is CC1(C)C(O)CC1Nc1nnc(C(F)(F)F)s1. The number of rotatable bonds is 2. The number of hydrogen-bond acceptors (Lipinski definition) is 5. The average Bonchev–Trinajstić information content (AvgIpc) is 2.65. The highest BCUT2D eigenvalue weighted by molar-refractivity contribution is 7.15. The fraction of sp³-hybridized carbons (Fsp3) is 0.778. The highest BCUT2D eigenvalue weighted by Gasteiger charge is 2.48. The maximum Gasteiger partial charge on any atom is 0.445 e. The Morgan fingerprint density at radius 3 is 2.47 bits per heavy atom. The van der Waals surface area contributed by atoms with E-state index in [4.69, 9.17) is 0 Å². The van der Waals surface area contributed by atoms with Crippen LogP contribution in [0.1, 0.15) is 25.3 Å². The number of alkyl halides is 3. The van der Waals surface area contributed by atoms with Crippen molar-refractivity contribution in [3.8, 4) is 0 Å². The maximum atomic E-state index is 12.3. The lowest BCUT2D eigenvalue weighted by molar-refractivity contribution is -0.138. The fourth-order valence-electron chi connectivity index (χ4n) is 1.69. The minimum Gasteiger partial charge on any atom is -0.392 e. The number of aliphatic hydroxyl groups excluding tert-OH is 1. The zero-order valence-electron chi connectivity index (χ0n) is 9.25. The van der Waals surface area contributed by atoms with E-state index in [-0.39, 0.29) is 16.6 Å². The molecule has 4 nitrogen and oxygen atoms in total. The van der Waals surface area contributed by atoms with Crippen LogP contribution in [-0.2, 0) is 6.18 Å². The zero-order valence-corrected chi connectivity index (χ0v) is 10.1. The number of nitrogens with one attached hydrogen (secondary N) is 1. The van der Waals surface area contributed by atoms with Crippen molar-refractivity contribution in [1.29, 1.82) is 0 Å². The summed E-state index contributed by atoms with van der Waals surface area (Å²) in [4.78, 5) is 0. The van der Waals surface area contributed by atoms with Gasteiger partial charge in [0.1, 0.15) is 0 Å². The molecule has 2 N–H and O–H groups in total. The lowest BCUT2D eigenvalue weighted by atomic mass is 9.65. The lowest BCUT2D eigenvalue weighted by Crippen LogP contribution is -2.56. The maximum absolute atomic E-state index is 12.3. The van der Waals surface area contributed by atoms with Gasteiger partial charge in [-0.2, -0.15) is 13.2 Å². The van der Waals surface area contributed by atoms with Gasteiger partial charge in [0, 0.05) is 11.5 Å². The Balaban J connectivity index is 2.04. The van der Waals surface area contributed by atoms with Crippen molar-refractivity contribution in [2.45, 2.75) is 38.6 Å². The quantitative estimate of drug-likeness (QED) is 0.861. The first-order valence-electron chi connectivity index (χ1n) is 5.06. The topological polar surface area (TPSA) is 58.0 Å². The van der Waals surface area contributed by atoms with Crippen molar-refractivity contribution in [3.05, 3.63) is 5.01 Å².